The fourth-order valence-electron chi connectivity index (χ4n) is 0.287. The molecule has 0 aliphatic carbocycles. The second-order valence-electron chi connectivity index (χ2n) is 5.52. The normalized spacial score (nSPS) is 9.12. The average Bonchev–Trinajstić information content (AvgIpc) is 2.39. The molecule has 0 atom stereocenters. The van der Waals surface area contributed by atoms with Crippen molar-refractivity contribution in [3.8, 4) is 0 Å². The Morgan fingerprint density at radius 2 is 0.875 bits per heavy atom. The molecule has 0 saturated carbocycles. The van der Waals surface area contributed by atoms with Gasteiger partial charge >= 0.3 is 17.9 Å². The topological polar surface area (TPSA) is 112 Å². The molecule has 0 amide bonds. The molecule has 0 aromatic rings. The lowest BCUT2D eigenvalue weighted by atomic mass is 9.94. The van der Waals surface area contributed by atoms with Crippen LogP contribution in [0.4, 0.5) is 0 Å². The molecule has 0 fully saturated rings. The van der Waals surface area contributed by atoms with Crippen LogP contribution in [0.5, 0.6) is 0 Å². The lowest BCUT2D eigenvalue weighted by Gasteiger charge is -2.12. The van der Waals surface area contributed by atoms with Crippen LogP contribution in [-0.2, 0) is 14.4 Å². The minimum Gasteiger partial charge on any atom is -0.481 e. The highest BCUT2D eigenvalue weighted by Crippen LogP contribution is 2.16. The Kier molecular flexibility index (Phi) is 29.2. The van der Waals surface area contributed by atoms with Crippen molar-refractivity contribution >= 4 is 55.8 Å². The summed E-state index contributed by atoms with van der Waals surface area (Å²) in [5, 5.41) is 23.6. The van der Waals surface area contributed by atoms with Gasteiger partial charge in [-0.2, -0.15) is 37.9 Å². The molecule has 0 rings (SSSR count). The van der Waals surface area contributed by atoms with E-state index in [1.165, 1.54) is 6.42 Å². The van der Waals surface area contributed by atoms with Crippen molar-refractivity contribution in [1.29, 1.82) is 0 Å². The van der Waals surface area contributed by atoms with Crippen molar-refractivity contribution in [3.05, 3.63) is 0 Å². The summed E-state index contributed by atoms with van der Waals surface area (Å²) in [5.41, 5.74) is 0.542. The van der Waals surface area contributed by atoms with Crippen molar-refractivity contribution in [2.75, 3.05) is 17.3 Å². The summed E-state index contributed by atoms with van der Waals surface area (Å²) in [6.45, 7) is 8.94. The lowest BCUT2D eigenvalue weighted by molar-refractivity contribution is -0.137. The Morgan fingerprint density at radius 1 is 0.708 bits per heavy atom. The van der Waals surface area contributed by atoms with Crippen molar-refractivity contribution in [3.63, 3.8) is 0 Å². The number of rotatable bonds is 6. The Hall–Kier alpha value is -0.540. The summed E-state index contributed by atoms with van der Waals surface area (Å²) in [7, 11) is 0. The van der Waals surface area contributed by atoms with Gasteiger partial charge < -0.3 is 15.3 Å². The molecule has 0 aromatic heterocycles. The molecule has 0 bridgehead atoms. The SMILES string of the molecule is CCC(C)(C)C.O=C(O)CCS.O=C(O)CCS.O=C(O)CCS. The van der Waals surface area contributed by atoms with Gasteiger partial charge in [-0.1, -0.05) is 34.1 Å². The van der Waals surface area contributed by atoms with Crippen molar-refractivity contribution in [2.24, 2.45) is 5.41 Å². The summed E-state index contributed by atoms with van der Waals surface area (Å²) in [5.74, 6) is -1.08. The highest BCUT2D eigenvalue weighted by atomic mass is 32.1. The first kappa shape index (κ1) is 31.3. The summed E-state index contributed by atoms with van der Waals surface area (Å²) in [6.07, 6.45) is 1.74. The van der Waals surface area contributed by atoms with Crippen LogP contribution in [0, 0.1) is 5.41 Å². The zero-order valence-corrected chi connectivity index (χ0v) is 17.5. The third kappa shape index (κ3) is 68.4. The van der Waals surface area contributed by atoms with E-state index in [4.69, 9.17) is 15.3 Å². The zero-order valence-electron chi connectivity index (χ0n) is 14.9. The van der Waals surface area contributed by atoms with Crippen molar-refractivity contribution in [1.82, 2.24) is 0 Å². The Balaban J connectivity index is -0.000000111. The molecule has 0 aromatic carbocycles. The molecule has 146 valence electrons. The molecular formula is C15H32O6S3. The molecule has 3 N–H and O–H groups in total. The molecule has 0 saturated heterocycles. The van der Waals surface area contributed by atoms with E-state index in [2.05, 4.69) is 65.6 Å². The number of hydrogen-bond donors (Lipinski definition) is 6. The van der Waals surface area contributed by atoms with Gasteiger partial charge in [-0.3, -0.25) is 14.4 Å². The number of thiol groups is 3. The van der Waals surface area contributed by atoms with Crippen LogP contribution in [0.1, 0.15) is 53.4 Å². The zero-order chi connectivity index (χ0) is 20.2. The number of aliphatic carboxylic acids is 3. The van der Waals surface area contributed by atoms with Crippen LogP contribution in [-0.4, -0.2) is 50.5 Å². The maximum Gasteiger partial charge on any atom is 0.304 e. The fraction of sp³-hybridized carbons (Fsp3) is 0.800. The molecule has 0 spiro atoms. The second-order valence-corrected chi connectivity index (χ2v) is 6.86. The molecule has 6 nitrogen and oxygen atoms in total. The van der Waals surface area contributed by atoms with E-state index in [0.717, 1.165) is 0 Å². The monoisotopic (exact) mass is 404 g/mol. The molecule has 9 heteroatoms. The quantitative estimate of drug-likeness (QED) is 0.377. The van der Waals surface area contributed by atoms with E-state index in [9.17, 15) is 14.4 Å². The Labute approximate surface area is 161 Å². The van der Waals surface area contributed by atoms with Crippen LogP contribution in [0.3, 0.4) is 0 Å². The smallest absolute Gasteiger partial charge is 0.304 e. The van der Waals surface area contributed by atoms with E-state index in [1.54, 1.807) is 0 Å². The maximum absolute atomic E-state index is 9.55. The fourth-order valence-corrected chi connectivity index (χ4v) is 0.861. The molecular weight excluding hydrogens is 372 g/mol. The highest BCUT2D eigenvalue weighted by molar-refractivity contribution is 7.80. The van der Waals surface area contributed by atoms with Gasteiger partial charge in [0.05, 0.1) is 19.3 Å². The van der Waals surface area contributed by atoms with Gasteiger partial charge in [-0.15, -0.1) is 0 Å². The predicted molar refractivity (Wildman–Crippen MR) is 108 cm³/mol. The summed E-state index contributed by atoms with van der Waals surface area (Å²) in [6, 6.07) is 0. The first-order valence-corrected chi connectivity index (χ1v) is 9.25. The maximum atomic E-state index is 9.55. The molecule has 0 unspecified atom stereocenters. The van der Waals surface area contributed by atoms with E-state index in [-0.39, 0.29) is 19.3 Å². The van der Waals surface area contributed by atoms with Crippen LogP contribution in [0.2, 0.25) is 0 Å². The summed E-state index contributed by atoms with van der Waals surface area (Å²) in [4.78, 5) is 28.7. The van der Waals surface area contributed by atoms with Gasteiger partial charge in [0.25, 0.3) is 0 Å². The lowest BCUT2D eigenvalue weighted by Crippen LogP contribution is -2.00. The standard InChI is InChI=1S/C6H14.3C3H6O2S/c1-5-6(2,3)4;3*4-3(5)1-2-6/h5H2,1-4H3;3*6H,1-2H2,(H,4,5). The Morgan fingerprint density at radius 3 is 0.875 bits per heavy atom. The van der Waals surface area contributed by atoms with Gasteiger partial charge in [0.15, 0.2) is 0 Å². The first-order valence-electron chi connectivity index (χ1n) is 7.35. The van der Waals surface area contributed by atoms with Gasteiger partial charge in [-0.25, -0.2) is 0 Å². The van der Waals surface area contributed by atoms with E-state index < -0.39 is 17.9 Å². The predicted octanol–water partition coefficient (Wildman–Crippen LogP) is 3.62. The number of hydrogen-bond acceptors (Lipinski definition) is 6. The van der Waals surface area contributed by atoms with Crippen molar-refractivity contribution < 1.29 is 29.7 Å². The minimum atomic E-state index is -0.787. The number of carbonyl (C=O) groups is 3. The van der Waals surface area contributed by atoms with Crippen LogP contribution in [0.15, 0.2) is 0 Å². The largest absolute Gasteiger partial charge is 0.481 e. The van der Waals surface area contributed by atoms with Gasteiger partial charge in [0.2, 0.25) is 0 Å². The molecule has 0 radical (unpaired) electrons. The second kappa shape index (κ2) is 22.5. The van der Waals surface area contributed by atoms with Gasteiger partial charge in [0, 0.05) is 17.3 Å². The number of carboxylic acid groups (broad SMARTS) is 3. The van der Waals surface area contributed by atoms with Crippen LogP contribution in [0.25, 0.3) is 0 Å². The molecule has 0 aliphatic rings. The summed E-state index contributed by atoms with van der Waals surface area (Å²) >= 11 is 11.0. The summed E-state index contributed by atoms with van der Waals surface area (Å²) < 4.78 is 0. The molecule has 24 heavy (non-hydrogen) atoms. The van der Waals surface area contributed by atoms with Gasteiger partial charge in [-0.05, 0) is 5.41 Å². The molecule has 0 aliphatic heterocycles. The third-order valence-electron chi connectivity index (χ3n) is 2.04. The highest BCUT2D eigenvalue weighted by Gasteiger charge is 2.03. The molecule has 0 heterocycles. The van der Waals surface area contributed by atoms with E-state index >= 15 is 0 Å². The number of carboxylic acids is 3. The van der Waals surface area contributed by atoms with Crippen molar-refractivity contribution in [2.45, 2.75) is 53.4 Å². The van der Waals surface area contributed by atoms with Crippen LogP contribution >= 0.6 is 37.9 Å². The van der Waals surface area contributed by atoms with Gasteiger partial charge in [0.1, 0.15) is 0 Å². The van der Waals surface area contributed by atoms with Crippen LogP contribution < -0.4 is 0 Å². The Bertz CT molecular complexity index is 279. The van der Waals surface area contributed by atoms with E-state index in [1.807, 2.05) is 0 Å². The average molecular weight is 405 g/mol. The first-order chi connectivity index (χ1) is 10.9. The third-order valence-corrected chi connectivity index (χ3v) is 2.71. The van der Waals surface area contributed by atoms with E-state index in [0.29, 0.717) is 22.7 Å². The minimum absolute atomic E-state index is 0.156.